The third kappa shape index (κ3) is 4.46. The summed E-state index contributed by atoms with van der Waals surface area (Å²) >= 11 is 13.2. The van der Waals surface area contributed by atoms with E-state index in [0.717, 1.165) is 16.7 Å². The molecule has 0 radical (unpaired) electrons. The Morgan fingerprint density at radius 1 is 0.938 bits per heavy atom. The van der Waals surface area contributed by atoms with E-state index in [1.807, 2.05) is 0 Å². The minimum absolute atomic E-state index is 0.0163. The second kappa shape index (κ2) is 9.24. The number of carbonyl (C=O) groups is 2. The van der Waals surface area contributed by atoms with Gasteiger partial charge in [0.15, 0.2) is 0 Å². The minimum Gasteiger partial charge on any atom is -0.495 e. The number of methoxy groups -OCH3 is 1. The summed E-state index contributed by atoms with van der Waals surface area (Å²) in [6.45, 7) is 0. The number of halogens is 3. The van der Waals surface area contributed by atoms with Crippen molar-refractivity contribution in [1.29, 1.82) is 0 Å². The summed E-state index contributed by atoms with van der Waals surface area (Å²) in [5.41, 5.74) is 0.554. The molecule has 0 aromatic heterocycles. The van der Waals surface area contributed by atoms with Crippen molar-refractivity contribution in [1.82, 2.24) is 0 Å². The van der Waals surface area contributed by atoms with E-state index in [-0.39, 0.29) is 16.3 Å². The smallest absolute Gasteiger partial charge is 0.283 e. The van der Waals surface area contributed by atoms with E-state index >= 15 is 0 Å². The highest BCUT2D eigenvalue weighted by molar-refractivity contribution is 8.04. The van der Waals surface area contributed by atoms with Crippen LogP contribution in [0.1, 0.15) is 0 Å². The van der Waals surface area contributed by atoms with Gasteiger partial charge in [0.05, 0.1) is 12.8 Å². The Hall–Kier alpha value is -3.00. The molecular weight excluding hydrogens is 474 g/mol. The van der Waals surface area contributed by atoms with Crippen LogP contribution >= 0.6 is 35.0 Å². The number of hydrogen-bond acceptors (Lipinski definition) is 5. The Bertz CT molecular complexity index is 1250. The van der Waals surface area contributed by atoms with Crippen molar-refractivity contribution in [3.8, 4) is 5.75 Å². The third-order valence-electron chi connectivity index (χ3n) is 4.55. The summed E-state index contributed by atoms with van der Waals surface area (Å²) in [4.78, 5) is 28.7. The Morgan fingerprint density at radius 3 is 2.34 bits per heavy atom. The summed E-state index contributed by atoms with van der Waals surface area (Å²) in [7, 11) is 1.43. The second-order valence-corrected chi connectivity index (χ2v) is 8.61. The van der Waals surface area contributed by atoms with Crippen molar-refractivity contribution in [3.63, 3.8) is 0 Å². The Morgan fingerprint density at radius 2 is 1.66 bits per heavy atom. The second-order valence-electron chi connectivity index (χ2n) is 6.66. The van der Waals surface area contributed by atoms with E-state index in [1.54, 1.807) is 42.5 Å². The first-order valence-corrected chi connectivity index (χ1v) is 10.9. The standard InChI is InChI=1S/C23H15Cl2FN2O3S/c1-31-19-10-7-14(25)11-18(19)28-22(29)20(27-16-4-2-3-15(26)12-16)21(23(28)30)32-17-8-5-13(24)6-9-17/h2-12,27H,1H3. The zero-order chi connectivity index (χ0) is 22.8. The van der Waals surface area contributed by atoms with Gasteiger partial charge in [0.2, 0.25) is 0 Å². The lowest BCUT2D eigenvalue weighted by Gasteiger charge is -2.18. The molecule has 2 amide bonds. The van der Waals surface area contributed by atoms with Gasteiger partial charge < -0.3 is 10.1 Å². The van der Waals surface area contributed by atoms with Gasteiger partial charge in [-0.3, -0.25) is 9.59 Å². The normalized spacial score (nSPS) is 13.7. The molecule has 0 fully saturated rings. The Labute approximate surface area is 197 Å². The van der Waals surface area contributed by atoms with Gasteiger partial charge in [-0.2, -0.15) is 0 Å². The molecule has 3 aromatic rings. The molecule has 162 valence electrons. The molecule has 0 atom stereocenters. The fraction of sp³-hybridized carbons (Fsp3) is 0.0435. The highest BCUT2D eigenvalue weighted by atomic mass is 35.5. The SMILES string of the molecule is COc1ccc(Cl)cc1N1C(=O)C(Nc2cccc(F)c2)=C(Sc2ccc(Cl)cc2)C1=O. The number of amides is 2. The molecule has 1 aliphatic heterocycles. The Balaban J connectivity index is 1.79. The number of ether oxygens (including phenoxy) is 1. The molecule has 0 saturated carbocycles. The first kappa shape index (κ1) is 22.2. The van der Waals surface area contributed by atoms with Crippen molar-refractivity contribution < 1.29 is 18.7 Å². The summed E-state index contributed by atoms with van der Waals surface area (Å²) in [6, 6.07) is 17.1. The molecule has 0 spiro atoms. The average molecular weight is 489 g/mol. The van der Waals surface area contributed by atoms with Crippen molar-refractivity contribution in [3.05, 3.63) is 93.2 Å². The summed E-state index contributed by atoms with van der Waals surface area (Å²) < 4.78 is 19.0. The highest BCUT2D eigenvalue weighted by Gasteiger charge is 2.41. The van der Waals surface area contributed by atoms with Crippen LogP contribution in [0.25, 0.3) is 0 Å². The maximum atomic E-state index is 13.7. The van der Waals surface area contributed by atoms with Crippen molar-refractivity contribution in [2.24, 2.45) is 0 Å². The molecule has 32 heavy (non-hydrogen) atoms. The first-order chi connectivity index (χ1) is 15.4. The number of carbonyl (C=O) groups excluding carboxylic acids is 2. The van der Waals surface area contributed by atoms with E-state index in [4.69, 9.17) is 27.9 Å². The number of thioether (sulfide) groups is 1. The number of anilines is 2. The van der Waals surface area contributed by atoms with Gasteiger partial charge in [-0.25, -0.2) is 9.29 Å². The van der Waals surface area contributed by atoms with Crippen LogP contribution in [0.2, 0.25) is 10.0 Å². The fourth-order valence-corrected chi connectivity index (χ4v) is 4.32. The summed E-state index contributed by atoms with van der Waals surface area (Å²) in [5.74, 6) is -1.35. The minimum atomic E-state index is -0.615. The molecule has 0 aliphatic carbocycles. The van der Waals surface area contributed by atoms with Crippen LogP contribution in [0.3, 0.4) is 0 Å². The van der Waals surface area contributed by atoms with Crippen molar-refractivity contribution in [2.75, 3.05) is 17.3 Å². The third-order valence-corrected chi connectivity index (χ3v) is 6.13. The maximum absolute atomic E-state index is 13.7. The fourth-order valence-electron chi connectivity index (χ4n) is 3.10. The quantitative estimate of drug-likeness (QED) is 0.422. The molecule has 3 aromatic carbocycles. The molecule has 1 N–H and O–H groups in total. The zero-order valence-electron chi connectivity index (χ0n) is 16.6. The van der Waals surface area contributed by atoms with E-state index in [0.29, 0.717) is 26.4 Å². The summed E-state index contributed by atoms with van der Waals surface area (Å²) in [5, 5.41) is 3.78. The van der Waals surface area contributed by atoms with Gasteiger partial charge in [-0.1, -0.05) is 41.0 Å². The molecule has 0 bridgehead atoms. The zero-order valence-corrected chi connectivity index (χ0v) is 18.9. The van der Waals surface area contributed by atoms with Gasteiger partial charge in [0.25, 0.3) is 11.8 Å². The van der Waals surface area contributed by atoms with E-state index < -0.39 is 17.6 Å². The van der Waals surface area contributed by atoms with Crippen LogP contribution in [0.5, 0.6) is 5.75 Å². The first-order valence-electron chi connectivity index (χ1n) is 9.30. The number of benzene rings is 3. The lowest BCUT2D eigenvalue weighted by atomic mass is 10.2. The molecule has 4 rings (SSSR count). The lowest BCUT2D eigenvalue weighted by Crippen LogP contribution is -2.32. The van der Waals surface area contributed by atoms with E-state index in [1.165, 1.54) is 31.4 Å². The van der Waals surface area contributed by atoms with Gasteiger partial charge in [-0.05, 0) is 60.7 Å². The predicted octanol–water partition coefficient (Wildman–Crippen LogP) is 6.13. The average Bonchev–Trinajstić information content (AvgIpc) is 2.99. The Kier molecular flexibility index (Phi) is 6.41. The number of imide groups is 1. The number of nitrogens with zero attached hydrogens (tertiary/aromatic N) is 1. The lowest BCUT2D eigenvalue weighted by molar-refractivity contribution is -0.120. The summed E-state index contributed by atoms with van der Waals surface area (Å²) in [6.07, 6.45) is 0. The maximum Gasteiger partial charge on any atom is 0.283 e. The molecule has 0 saturated heterocycles. The van der Waals surface area contributed by atoms with Gasteiger partial charge in [0, 0.05) is 20.6 Å². The van der Waals surface area contributed by atoms with Gasteiger partial charge in [0.1, 0.15) is 22.2 Å². The van der Waals surface area contributed by atoms with Gasteiger partial charge >= 0.3 is 0 Å². The molecule has 1 aliphatic rings. The van der Waals surface area contributed by atoms with Crippen molar-refractivity contribution >= 4 is 58.2 Å². The largest absolute Gasteiger partial charge is 0.495 e. The van der Waals surface area contributed by atoms with Crippen LogP contribution < -0.4 is 15.0 Å². The highest BCUT2D eigenvalue weighted by Crippen LogP contribution is 2.41. The van der Waals surface area contributed by atoms with Gasteiger partial charge in [-0.15, -0.1) is 0 Å². The van der Waals surface area contributed by atoms with Crippen LogP contribution in [0.15, 0.2) is 82.2 Å². The molecule has 0 unspecified atom stereocenters. The van der Waals surface area contributed by atoms with Crippen LogP contribution in [-0.2, 0) is 9.59 Å². The van der Waals surface area contributed by atoms with Crippen LogP contribution in [0.4, 0.5) is 15.8 Å². The van der Waals surface area contributed by atoms with E-state index in [9.17, 15) is 14.0 Å². The predicted molar refractivity (Wildman–Crippen MR) is 125 cm³/mol. The molecule has 5 nitrogen and oxygen atoms in total. The number of nitrogens with one attached hydrogen (secondary N) is 1. The van der Waals surface area contributed by atoms with Crippen LogP contribution in [-0.4, -0.2) is 18.9 Å². The van der Waals surface area contributed by atoms with Crippen LogP contribution in [0, 0.1) is 5.82 Å². The monoisotopic (exact) mass is 488 g/mol. The topological polar surface area (TPSA) is 58.6 Å². The van der Waals surface area contributed by atoms with E-state index in [2.05, 4.69) is 5.32 Å². The number of hydrogen-bond donors (Lipinski definition) is 1. The molecular formula is C23H15Cl2FN2O3S. The van der Waals surface area contributed by atoms with Crippen molar-refractivity contribution in [2.45, 2.75) is 4.90 Å². The molecule has 1 heterocycles. The number of rotatable bonds is 6. The molecule has 9 heteroatoms.